The van der Waals surface area contributed by atoms with Gasteiger partial charge < -0.3 is 4.74 Å². The summed E-state index contributed by atoms with van der Waals surface area (Å²) in [5.74, 6) is 0.321. The molecule has 2 rings (SSSR count). The first-order valence-electron chi connectivity index (χ1n) is 4.72. The van der Waals surface area contributed by atoms with Crippen LogP contribution in [0.5, 0.6) is 0 Å². The zero-order valence-corrected chi connectivity index (χ0v) is 8.63. The summed E-state index contributed by atoms with van der Waals surface area (Å²) >= 11 is 1.52. The molecule has 1 saturated carbocycles. The van der Waals surface area contributed by atoms with Gasteiger partial charge >= 0.3 is 5.97 Å². The summed E-state index contributed by atoms with van der Waals surface area (Å²) in [6.45, 7) is 0. The number of rotatable bonds is 4. The summed E-state index contributed by atoms with van der Waals surface area (Å²) < 4.78 is 5.12. The third-order valence-corrected chi connectivity index (χ3v) is 2.91. The number of thioether (sulfide) groups is 1. The van der Waals surface area contributed by atoms with Crippen molar-refractivity contribution in [3.63, 3.8) is 0 Å². The summed E-state index contributed by atoms with van der Waals surface area (Å²) in [6.07, 6.45) is 2.31. The summed E-state index contributed by atoms with van der Waals surface area (Å²) in [4.78, 5) is 12.3. The number of carbonyl (C=O) groups is 1. The van der Waals surface area contributed by atoms with Gasteiger partial charge in [0.15, 0.2) is 0 Å². The van der Waals surface area contributed by atoms with Crippen LogP contribution in [0.3, 0.4) is 0 Å². The Labute approximate surface area is 87.6 Å². The normalized spacial score (nSPS) is 15.1. The van der Waals surface area contributed by atoms with Gasteiger partial charge in [-0.25, -0.2) is 0 Å². The molecule has 2 nitrogen and oxygen atoms in total. The molecule has 1 aromatic carbocycles. The zero-order chi connectivity index (χ0) is 9.80. The van der Waals surface area contributed by atoms with E-state index in [1.807, 2.05) is 30.3 Å². The second kappa shape index (κ2) is 4.51. The molecule has 0 radical (unpaired) electrons. The van der Waals surface area contributed by atoms with Crippen LogP contribution in [-0.4, -0.2) is 17.8 Å². The predicted molar refractivity (Wildman–Crippen MR) is 56.3 cm³/mol. The SMILES string of the molecule is O=C(CSc1ccccc1)OC1CC1. The van der Waals surface area contributed by atoms with Crippen LogP contribution in [-0.2, 0) is 9.53 Å². The van der Waals surface area contributed by atoms with Crippen molar-refractivity contribution in [2.24, 2.45) is 0 Å². The highest BCUT2D eigenvalue weighted by Gasteiger charge is 2.25. The maximum atomic E-state index is 11.2. The molecule has 1 aromatic rings. The lowest BCUT2D eigenvalue weighted by Gasteiger charge is -2.02. The van der Waals surface area contributed by atoms with Crippen LogP contribution < -0.4 is 0 Å². The summed E-state index contributed by atoms with van der Waals surface area (Å²) in [5.41, 5.74) is 0. The number of ether oxygens (including phenoxy) is 1. The second-order valence-corrected chi connectivity index (χ2v) is 4.34. The highest BCUT2D eigenvalue weighted by molar-refractivity contribution is 8.00. The van der Waals surface area contributed by atoms with Crippen molar-refractivity contribution in [1.82, 2.24) is 0 Å². The summed E-state index contributed by atoms with van der Waals surface area (Å²) in [7, 11) is 0. The van der Waals surface area contributed by atoms with E-state index < -0.39 is 0 Å². The van der Waals surface area contributed by atoms with Crippen molar-refractivity contribution in [2.75, 3.05) is 5.75 Å². The standard InChI is InChI=1S/C11H12O2S/c12-11(13-9-6-7-9)8-14-10-4-2-1-3-5-10/h1-5,9H,6-8H2. The number of benzene rings is 1. The van der Waals surface area contributed by atoms with E-state index in [1.165, 1.54) is 11.8 Å². The van der Waals surface area contributed by atoms with Gasteiger partial charge in [-0.2, -0.15) is 0 Å². The van der Waals surface area contributed by atoms with Crippen molar-refractivity contribution < 1.29 is 9.53 Å². The Morgan fingerprint density at radius 1 is 1.36 bits per heavy atom. The van der Waals surface area contributed by atoms with Crippen LogP contribution in [0.25, 0.3) is 0 Å². The van der Waals surface area contributed by atoms with Crippen LogP contribution in [0.4, 0.5) is 0 Å². The first-order valence-corrected chi connectivity index (χ1v) is 5.70. The van der Waals surface area contributed by atoms with Crippen molar-refractivity contribution >= 4 is 17.7 Å². The third kappa shape index (κ3) is 3.07. The molecule has 0 spiro atoms. The van der Waals surface area contributed by atoms with Crippen molar-refractivity contribution in [1.29, 1.82) is 0 Å². The van der Waals surface area contributed by atoms with Gasteiger partial charge in [0, 0.05) is 4.90 Å². The van der Waals surface area contributed by atoms with Crippen LogP contribution in [0.2, 0.25) is 0 Å². The minimum Gasteiger partial charge on any atom is -0.462 e. The second-order valence-electron chi connectivity index (χ2n) is 3.29. The fourth-order valence-corrected chi connectivity index (χ4v) is 1.77. The van der Waals surface area contributed by atoms with Crippen LogP contribution in [0.1, 0.15) is 12.8 Å². The molecular formula is C11H12O2S. The average Bonchev–Trinajstić information content (AvgIpc) is 3.00. The Bertz CT molecular complexity index is 306. The Morgan fingerprint density at radius 2 is 2.07 bits per heavy atom. The van der Waals surface area contributed by atoms with Gasteiger partial charge in [0.2, 0.25) is 0 Å². The van der Waals surface area contributed by atoms with Gasteiger partial charge in [0.05, 0.1) is 5.75 Å². The number of carbonyl (C=O) groups excluding carboxylic acids is 1. The molecule has 1 aliphatic carbocycles. The molecule has 0 N–H and O–H groups in total. The number of hydrogen-bond donors (Lipinski definition) is 0. The molecule has 0 saturated heterocycles. The van der Waals surface area contributed by atoms with E-state index in [4.69, 9.17) is 4.74 Å². The highest BCUT2D eigenvalue weighted by Crippen LogP contribution is 2.25. The zero-order valence-electron chi connectivity index (χ0n) is 7.81. The molecule has 1 fully saturated rings. The minimum absolute atomic E-state index is 0.0960. The molecular weight excluding hydrogens is 196 g/mol. The first kappa shape index (κ1) is 9.59. The van der Waals surface area contributed by atoms with Crippen molar-refractivity contribution in [3.8, 4) is 0 Å². The molecule has 74 valence electrons. The van der Waals surface area contributed by atoms with E-state index in [2.05, 4.69) is 0 Å². The fraction of sp³-hybridized carbons (Fsp3) is 0.364. The molecule has 0 amide bonds. The summed E-state index contributed by atoms with van der Waals surface area (Å²) in [6, 6.07) is 9.89. The van der Waals surface area contributed by atoms with Gasteiger partial charge in [-0.1, -0.05) is 18.2 Å². The molecule has 0 heterocycles. The van der Waals surface area contributed by atoms with Gasteiger partial charge in [0.1, 0.15) is 6.10 Å². The average molecular weight is 208 g/mol. The molecule has 0 aromatic heterocycles. The van der Waals surface area contributed by atoms with E-state index in [1.54, 1.807) is 0 Å². The lowest BCUT2D eigenvalue weighted by molar-refractivity contribution is -0.141. The maximum Gasteiger partial charge on any atom is 0.316 e. The Balaban J connectivity index is 1.73. The van der Waals surface area contributed by atoms with E-state index in [9.17, 15) is 4.79 Å². The van der Waals surface area contributed by atoms with Gasteiger partial charge in [0.25, 0.3) is 0 Å². The third-order valence-electron chi connectivity index (χ3n) is 1.92. The van der Waals surface area contributed by atoms with E-state index in [0.29, 0.717) is 5.75 Å². The van der Waals surface area contributed by atoms with E-state index in [-0.39, 0.29) is 12.1 Å². The topological polar surface area (TPSA) is 26.3 Å². The lowest BCUT2D eigenvalue weighted by atomic mass is 10.4. The van der Waals surface area contributed by atoms with Crippen molar-refractivity contribution in [2.45, 2.75) is 23.8 Å². The van der Waals surface area contributed by atoms with Crippen LogP contribution in [0, 0.1) is 0 Å². The maximum absolute atomic E-state index is 11.2. The Morgan fingerprint density at radius 3 is 2.71 bits per heavy atom. The van der Waals surface area contributed by atoms with Gasteiger partial charge in [-0.15, -0.1) is 11.8 Å². The van der Waals surface area contributed by atoms with Gasteiger partial charge in [-0.3, -0.25) is 4.79 Å². The highest BCUT2D eigenvalue weighted by atomic mass is 32.2. The first-order chi connectivity index (χ1) is 6.84. The molecule has 0 aliphatic heterocycles. The fourth-order valence-electron chi connectivity index (χ4n) is 1.06. The largest absolute Gasteiger partial charge is 0.462 e. The van der Waals surface area contributed by atoms with Gasteiger partial charge in [-0.05, 0) is 25.0 Å². The Hall–Kier alpha value is -0.960. The number of hydrogen-bond acceptors (Lipinski definition) is 3. The number of esters is 1. The lowest BCUT2D eigenvalue weighted by Crippen LogP contribution is -2.08. The van der Waals surface area contributed by atoms with E-state index in [0.717, 1.165) is 17.7 Å². The quantitative estimate of drug-likeness (QED) is 0.561. The van der Waals surface area contributed by atoms with Crippen LogP contribution in [0.15, 0.2) is 35.2 Å². The monoisotopic (exact) mass is 208 g/mol. The van der Waals surface area contributed by atoms with E-state index >= 15 is 0 Å². The smallest absolute Gasteiger partial charge is 0.316 e. The molecule has 0 atom stereocenters. The Kier molecular flexibility index (Phi) is 3.09. The molecule has 0 bridgehead atoms. The molecule has 14 heavy (non-hydrogen) atoms. The molecule has 3 heteroatoms. The van der Waals surface area contributed by atoms with Crippen LogP contribution >= 0.6 is 11.8 Å². The minimum atomic E-state index is -0.0960. The molecule has 0 unspecified atom stereocenters. The summed E-state index contributed by atoms with van der Waals surface area (Å²) in [5, 5.41) is 0. The predicted octanol–water partition coefficient (Wildman–Crippen LogP) is 2.48. The molecule has 1 aliphatic rings. The van der Waals surface area contributed by atoms with Crippen molar-refractivity contribution in [3.05, 3.63) is 30.3 Å².